The first kappa shape index (κ1) is 22.4. The lowest BCUT2D eigenvalue weighted by atomic mass is 9.95. The fourth-order valence-electron chi connectivity index (χ4n) is 2.73. The van der Waals surface area contributed by atoms with Gasteiger partial charge in [-0.15, -0.1) is 24.0 Å². The summed E-state index contributed by atoms with van der Waals surface area (Å²) in [7, 11) is 0. The number of carbonyl (C=O) groups excluding carboxylic acids is 1. The molecule has 0 aromatic rings. The zero-order valence-electron chi connectivity index (χ0n) is 15.0. The Hall–Kier alpha value is -0.570. The summed E-state index contributed by atoms with van der Waals surface area (Å²) in [6.45, 7) is 12.8. The van der Waals surface area contributed by atoms with Crippen molar-refractivity contribution in [3.8, 4) is 0 Å². The first-order chi connectivity index (χ1) is 10.3. The van der Waals surface area contributed by atoms with Gasteiger partial charge >= 0.3 is 0 Å². The van der Waals surface area contributed by atoms with Gasteiger partial charge in [-0.05, 0) is 46.5 Å². The van der Waals surface area contributed by atoms with Crippen molar-refractivity contribution in [1.29, 1.82) is 0 Å². The molecule has 1 saturated heterocycles. The summed E-state index contributed by atoms with van der Waals surface area (Å²) in [5.74, 6) is 1.10. The van der Waals surface area contributed by atoms with Crippen molar-refractivity contribution in [2.24, 2.45) is 16.6 Å². The largest absolute Gasteiger partial charge is 0.370 e. The molecule has 1 aliphatic rings. The number of likely N-dealkylation sites (tertiary alicyclic amines) is 1. The van der Waals surface area contributed by atoms with Crippen molar-refractivity contribution in [1.82, 2.24) is 15.5 Å². The normalized spacial score (nSPS) is 19.2. The maximum atomic E-state index is 11.1. The molecule has 0 spiro atoms. The predicted octanol–water partition coefficient (Wildman–Crippen LogP) is 1.55. The highest BCUT2D eigenvalue weighted by Gasteiger charge is 2.23. The SMILES string of the molecule is CCNC(=NCCNC(C)(C)C)N1CCCC(CC(N)=O)C1.I. The Balaban J connectivity index is 0.00000484. The van der Waals surface area contributed by atoms with Crippen LogP contribution in [-0.2, 0) is 4.79 Å². The van der Waals surface area contributed by atoms with Crippen LogP contribution in [0.15, 0.2) is 4.99 Å². The fraction of sp³-hybridized carbons (Fsp3) is 0.875. The Morgan fingerprint density at radius 2 is 2.09 bits per heavy atom. The summed E-state index contributed by atoms with van der Waals surface area (Å²) in [5, 5.41) is 6.80. The smallest absolute Gasteiger partial charge is 0.217 e. The molecule has 0 aromatic carbocycles. The molecule has 6 nitrogen and oxygen atoms in total. The summed E-state index contributed by atoms with van der Waals surface area (Å²) in [6, 6.07) is 0. The predicted molar refractivity (Wildman–Crippen MR) is 107 cm³/mol. The number of nitrogens with zero attached hydrogens (tertiary/aromatic N) is 2. The van der Waals surface area contributed by atoms with Crippen LogP contribution in [0.5, 0.6) is 0 Å². The number of nitrogens with two attached hydrogens (primary N) is 1. The van der Waals surface area contributed by atoms with Crippen molar-refractivity contribution >= 4 is 35.8 Å². The molecule has 1 amide bonds. The topological polar surface area (TPSA) is 82.8 Å². The van der Waals surface area contributed by atoms with E-state index in [1.54, 1.807) is 0 Å². The number of halogens is 1. The van der Waals surface area contributed by atoms with Gasteiger partial charge in [0.1, 0.15) is 0 Å². The van der Waals surface area contributed by atoms with Crippen molar-refractivity contribution in [2.45, 2.75) is 52.5 Å². The Kier molecular flexibility index (Phi) is 10.8. The highest BCUT2D eigenvalue weighted by Crippen LogP contribution is 2.19. The molecule has 1 atom stereocenters. The van der Waals surface area contributed by atoms with E-state index in [-0.39, 0.29) is 35.4 Å². The third-order valence-electron chi connectivity index (χ3n) is 3.67. The molecule has 1 rings (SSSR count). The number of nitrogens with one attached hydrogen (secondary N) is 2. The van der Waals surface area contributed by atoms with E-state index in [4.69, 9.17) is 10.7 Å². The number of aliphatic imine (C=N–C) groups is 1. The molecule has 4 N–H and O–H groups in total. The van der Waals surface area contributed by atoms with Crippen LogP contribution in [0.25, 0.3) is 0 Å². The number of piperidine rings is 1. The molecular weight excluding hydrogens is 405 g/mol. The number of primary amides is 1. The van der Waals surface area contributed by atoms with Gasteiger partial charge in [0.15, 0.2) is 5.96 Å². The van der Waals surface area contributed by atoms with E-state index in [0.717, 1.165) is 51.5 Å². The van der Waals surface area contributed by atoms with Crippen LogP contribution in [-0.4, -0.2) is 55.0 Å². The van der Waals surface area contributed by atoms with Crippen molar-refractivity contribution < 1.29 is 4.79 Å². The van der Waals surface area contributed by atoms with Gasteiger partial charge in [-0.3, -0.25) is 9.79 Å². The quantitative estimate of drug-likeness (QED) is 0.254. The summed E-state index contributed by atoms with van der Waals surface area (Å²) in [6.07, 6.45) is 2.63. The molecule has 23 heavy (non-hydrogen) atoms. The fourth-order valence-corrected chi connectivity index (χ4v) is 2.73. The second-order valence-electron chi connectivity index (χ2n) is 7.04. The van der Waals surface area contributed by atoms with E-state index >= 15 is 0 Å². The van der Waals surface area contributed by atoms with Crippen LogP contribution in [0, 0.1) is 5.92 Å². The Morgan fingerprint density at radius 1 is 1.39 bits per heavy atom. The van der Waals surface area contributed by atoms with E-state index in [2.05, 4.69) is 43.2 Å². The molecule has 1 heterocycles. The molecule has 1 aliphatic heterocycles. The molecule has 0 bridgehead atoms. The van der Waals surface area contributed by atoms with E-state index in [1.807, 2.05) is 0 Å². The zero-order chi connectivity index (χ0) is 16.6. The average molecular weight is 439 g/mol. The molecule has 0 radical (unpaired) electrons. The minimum absolute atomic E-state index is 0. The molecule has 1 fully saturated rings. The van der Waals surface area contributed by atoms with Gasteiger partial charge in [0.2, 0.25) is 5.91 Å². The molecule has 0 aliphatic carbocycles. The van der Waals surface area contributed by atoms with Gasteiger partial charge in [0.05, 0.1) is 6.54 Å². The number of amides is 1. The van der Waals surface area contributed by atoms with Gasteiger partial charge in [-0.25, -0.2) is 0 Å². The molecule has 7 heteroatoms. The number of hydrogen-bond acceptors (Lipinski definition) is 3. The molecule has 0 saturated carbocycles. The van der Waals surface area contributed by atoms with Gasteiger partial charge in [0, 0.05) is 38.1 Å². The van der Waals surface area contributed by atoms with E-state index in [0.29, 0.717) is 12.3 Å². The van der Waals surface area contributed by atoms with Crippen LogP contribution in [0.4, 0.5) is 0 Å². The Bertz CT molecular complexity index is 381. The van der Waals surface area contributed by atoms with Crippen LogP contribution in [0.2, 0.25) is 0 Å². The standard InChI is InChI=1S/C16H33N5O.HI/c1-5-18-15(19-8-9-20-16(2,3)4)21-10-6-7-13(12-21)11-14(17)22;/h13,20H,5-12H2,1-4H3,(H2,17,22)(H,18,19);1H. The minimum Gasteiger partial charge on any atom is -0.370 e. The summed E-state index contributed by atoms with van der Waals surface area (Å²) in [4.78, 5) is 18.1. The average Bonchev–Trinajstić information content (AvgIpc) is 2.40. The van der Waals surface area contributed by atoms with Gasteiger partial charge in [0.25, 0.3) is 0 Å². The first-order valence-electron chi connectivity index (χ1n) is 8.38. The van der Waals surface area contributed by atoms with Crippen LogP contribution in [0.3, 0.4) is 0 Å². The maximum absolute atomic E-state index is 11.1. The maximum Gasteiger partial charge on any atom is 0.217 e. The number of carbonyl (C=O) groups is 1. The Labute approximate surface area is 158 Å². The zero-order valence-corrected chi connectivity index (χ0v) is 17.4. The number of hydrogen-bond donors (Lipinski definition) is 3. The minimum atomic E-state index is -0.205. The van der Waals surface area contributed by atoms with E-state index in [9.17, 15) is 4.79 Å². The second kappa shape index (κ2) is 11.1. The van der Waals surface area contributed by atoms with Gasteiger partial charge in [-0.1, -0.05) is 0 Å². The van der Waals surface area contributed by atoms with Crippen molar-refractivity contribution in [3.05, 3.63) is 0 Å². The number of rotatable bonds is 6. The Morgan fingerprint density at radius 3 is 2.65 bits per heavy atom. The third kappa shape index (κ3) is 10.0. The lowest BCUT2D eigenvalue weighted by molar-refractivity contribution is -0.119. The second-order valence-corrected chi connectivity index (χ2v) is 7.04. The van der Waals surface area contributed by atoms with Crippen LogP contribution >= 0.6 is 24.0 Å². The number of guanidine groups is 1. The molecule has 0 aromatic heterocycles. The lowest BCUT2D eigenvalue weighted by Crippen LogP contribution is -2.47. The highest BCUT2D eigenvalue weighted by molar-refractivity contribution is 14.0. The monoisotopic (exact) mass is 439 g/mol. The summed E-state index contributed by atoms with van der Waals surface area (Å²) in [5.41, 5.74) is 5.45. The lowest BCUT2D eigenvalue weighted by Gasteiger charge is -2.34. The molecular formula is C16H34IN5O. The van der Waals surface area contributed by atoms with Gasteiger partial charge in [-0.2, -0.15) is 0 Å². The molecule has 136 valence electrons. The third-order valence-corrected chi connectivity index (χ3v) is 3.67. The van der Waals surface area contributed by atoms with Crippen LogP contribution in [0.1, 0.15) is 47.0 Å². The van der Waals surface area contributed by atoms with Crippen molar-refractivity contribution in [3.63, 3.8) is 0 Å². The summed E-state index contributed by atoms with van der Waals surface area (Å²) >= 11 is 0. The molecule has 1 unspecified atom stereocenters. The summed E-state index contributed by atoms with van der Waals surface area (Å²) < 4.78 is 0. The van der Waals surface area contributed by atoms with E-state index in [1.165, 1.54) is 0 Å². The van der Waals surface area contributed by atoms with E-state index < -0.39 is 0 Å². The van der Waals surface area contributed by atoms with Crippen molar-refractivity contribution in [2.75, 3.05) is 32.7 Å². The first-order valence-corrected chi connectivity index (χ1v) is 8.38. The highest BCUT2D eigenvalue weighted by atomic mass is 127. The van der Waals surface area contributed by atoms with Crippen LogP contribution < -0.4 is 16.4 Å². The van der Waals surface area contributed by atoms with Gasteiger partial charge < -0.3 is 21.3 Å².